The molecule has 0 aliphatic rings. The van der Waals surface area contributed by atoms with Gasteiger partial charge in [0.05, 0.1) is 4.92 Å². The van der Waals surface area contributed by atoms with Gasteiger partial charge in [-0.25, -0.2) is 4.98 Å². The van der Waals surface area contributed by atoms with E-state index in [0.717, 1.165) is 11.9 Å². The van der Waals surface area contributed by atoms with Crippen molar-refractivity contribution >= 4 is 23.1 Å². The fraction of sp³-hybridized carbons (Fsp3) is 0.0909. The van der Waals surface area contributed by atoms with Crippen molar-refractivity contribution in [2.75, 3.05) is 5.73 Å². The van der Waals surface area contributed by atoms with Gasteiger partial charge in [-0.1, -0.05) is 23.7 Å². The lowest BCUT2D eigenvalue weighted by atomic mass is 10.2. The molecule has 0 unspecified atom stereocenters. The van der Waals surface area contributed by atoms with Crippen LogP contribution in [0.1, 0.15) is 5.56 Å². The second-order valence-electron chi connectivity index (χ2n) is 3.58. The molecule has 0 atom stereocenters. The van der Waals surface area contributed by atoms with Crippen molar-refractivity contribution in [2.24, 2.45) is 0 Å². The Morgan fingerprint density at radius 1 is 1.32 bits per heavy atom. The number of nitrogens with zero attached hydrogens (tertiary/aromatic N) is 3. The number of nitrogens with two attached hydrogens (primary N) is 1. The average Bonchev–Trinajstić information content (AvgIpc) is 2.37. The minimum atomic E-state index is -0.674. The summed E-state index contributed by atoms with van der Waals surface area (Å²) in [6.45, 7) is 0.120. The molecule has 1 heterocycles. The highest BCUT2D eigenvalue weighted by atomic mass is 35.5. The molecule has 0 saturated heterocycles. The summed E-state index contributed by atoms with van der Waals surface area (Å²) in [4.78, 5) is 17.4. The summed E-state index contributed by atoms with van der Waals surface area (Å²) in [5.74, 6) is -0.390. The third-order valence-electron chi connectivity index (χ3n) is 2.29. The predicted molar refractivity (Wildman–Crippen MR) is 68.9 cm³/mol. The molecule has 7 nitrogen and oxygen atoms in total. The van der Waals surface area contributed by atoms with Crippen molar-refractivity contribution in [3.05, 3.63) is 51.3 Å². The second kappa shape index (κ2) is 5.49. The van der Waals surface area contributed by atoms with Gasteiger partial charge in [-0.3, -0.25) is 10.1 Å². The summed E-state index contributed by atoms with van der Waals surface area (Å²) in [6.07, 6.45) is 1.11. The molecule has 0 bridgehead atoms. The van der Waals surface area contributed by atoms with Gasteiger partial charge in [0.1, 0.15) is 12.9 Å². The number of hydrogen-bond acceptors (Lipinski definition) is 6. The van der Waals surface area contributed by atoms with E-state index in [2.05, 4.69) is 9.97 Å². The maximum absolute atomic E-state index is 10.8. The van der Waals surface area contributed by atoms with Crippen LogP contribution in [0.2, 0.25) is 5.02 Å². The monoisotopic (exact) mass is 280 g/mol. The molecule has 2 N–H and O–H groups in total. The molecule has 2 rings (SSSR count). The molecule has 8 heteroatoms. The quantitative estimate of drug-likeness (QED) is 0.680. The summed E-state index contributed by atoms with van der Waals surface area (Å²) in [7, 11) is 0. The van der Waals surface area contributed by atoms with E-state index in [9.17, 15) is 10.1 Å². The normalized spacial score (nSPS) is 10.2. The van der Waals surface area contributed by atoms with Crippen LogP contribution in [0.5, 0.6) is 5.88 Å². The van der Waals surface area contributed by atoms with Crippen LogP contribution in [0, 0.1) is 10.1 Å². The van der Waals surface area contributed by atoms with Gasteiger partial charge in [0.25, 0.3) is 5.88 Å². The molecule has 0 saturated carbocycles. The fourth-order valence-electron chi connectivity index (χ4n) is 1.38. The zero-order chi connectivity index (χ0) is 13.8. The Bertz CT molecular complexity index is 603. The van der Waals surface area contributed by atoms with Gasteiger partial charge < -0.3 is 10.5 Å². The van der Waals surface area contributed by atoms with Crippen LogP contribution < -0.4 is 10.5 Å². The highest BCUT2D eigenvalue weighted by Gasteiger charge is 2.22. The van der Waals surface area contributed by atoms with Gasteiger partial charge >= 0.3 is 5.69 Å². The Hall–Kier alpha value is -2.41. The van der Waals surface area contributed by atoms with Crippen molar-refractivity contribution in [3.63, 3.8) is 0 Å². The Balaban J connectivity index is 2.18. The lowest BCUT2D eigenvalue weighted by Gasteiger charge is -2.06. The molecule has 1 aromatic heterocycles. The summed E-state index contributed by atoms with van der Waals surface area (Å²) >= 11 is 5.75. The average molecular weight is 281 g/mol. The number of hydrogen-bond donors (Lipinski definition) is 1. The molecule has 98 valence electrons. The first-order chi connectivity index (χ1) is 9.08. The number of anilines is 1. The van der Waals surface area contributed by atoms with Gasteiger partial charge in [-0.15, -0.1) is 0 Å². The van der Waals surface area contributed by atoms with Gasteiger partial charge in [0, 0.05) is 5.02 Å². The smallest absolute Gasteiger partial charge is 0.372 e. The minimum absolute atomic E-state index is 0.120. The maximum Gasteiger partial charge on any atom is 0.372 e. The van der Waals surface area contributed by atoms with E-state index in [-0.39, 0.29) is 18.3 Å². The lowest BCUT2D eigenvalue weighted by molar-refractivity contribution is -0.385. The topological polar surface area (TPSA) is 104 Å². The molecular formula is C11H9ClN4O3. The summed E-state index contributed by atoms with van der Waals surface area (Å²) < 4.78 is 5.29. The van der Waals surface area contributed by atoms with Crippen molar-refractivity contribution in [3.8, 4) is 5.88 Å². The van der Waals surface area contributed by atoms with Crippen LogP contribution >= 0.6 is 11.6 Å². The molecule has 1 aromatic carbocycles. The number of nitrogen functional groups attached to an aromatic ring is 1. The molecule has 2 aromatic rings. The fourth-order valence-corrected chi connectivity index (χ4v) is 1.51. The van der Waals surface area contributed by atoms with Gasteiger partial charge in [-0.2, -0.15) is 4.98 Å². The van der Waals surface area contributed by atoms with E-state index >= 15 is 0 Å². The third-order valence-corrected chi connectivity index (χ3v) is 2.54. The molecular weight excluding hydrogens is 272 g/mol. The number of halogens is 1. The number of aromatic nitrogens is 2. The number of nitro groups is 1. The number of ether oxygens (including phenoxy) is 1. The van der Waals surface area contributed by atoms with Crippen molar-refractivity contribution < 1.29 is 9.66 Å². The molecule has 0 radical (unpaired) electrons. The number of benzene rings is 1. The van der Waals surface area contributed by atoms with Gasteiger partial charge in [0.15, 0.2) is 0 Å². The Morgan fingerprint density at radius 3 is 2.63 bits per heavy atom. The predicted octanol–water partition coefficient (Wildman–Crippen LogP) is 2.20. The standard InChI is InChI=1S/C11H9ClN4O3/c12-8-3-1-7(2-4-8)5-19-11-9(16(17)18)10(13)14-6-15-11/h1-4,6H,5H2,(H2,13,14,15). The van der Waals surface area contributed by atoms with Crippen LogP contribution in [0.4, 0.5) is 11.5 Å². The molecule has 19 heavy (non-hydrogen) atoms. The van der Waals surface area contributed by atoms with E-state index in [0.29, 0.717) is 5.02 Å². The van der Waals surface area contributed by atoms with Gasteiger partial charge in [-0.05, 0) is 17.7 Å². The first-order valence-corrected chi connectivity index (χ1v) is 5.58. The summed E-state index contributed by atoms with van der Waals surface area (Å²) in [5, 5.41) is 11.4. The van der Waals surface area contributed by atoms with E-state index in [1.54, 1.807) is 24.3 Å². The van der Waals surface area contributed by atoms with E-state index in [1.807, 2.05) is 0 Å². The zero-order valence-corrected chi connectivity index (χ0v) is 10.4. The molecule has 0 amide bonds. The van der Waals surface area contributed by atoms with E-state index < -0.39 is 10.6 Å². The van der Waals surface area contributed by atoms with Crippen LogP contribution in [0.3, 0.4) is 0 Å². The number of rotatable bonds is 4. The van der Waals surface area contributed by atoms with E-state index in [1.165, 1.54) is 0 Å². The molecule has 0 aliphatic carbocycles. The van der Waals surface area contributed by atoms with Crippen molar-refractivity contribution in [2.45, 2.75) is 6.61 Å². The lowest BCUT2D eigenvalue weighted by Crippen LogP contribution is -2.05. The summed E-state index contributed by atoms with van der Waals surface area (Å²) in [5.41, 5.74) is 5.79. The second-order valence-corrected chi connectivity index (χ2v) is 4.02. The van der Waals surface area contributed by atoms with E-state index in [4.69, 9.17) is 22.1 Å². The van der Waals surface area contributed by atoms with Crippen LogP contribution in [0.15, 0.2) is 30.6 Å². The highest BCUT2D eigenvalue weighted by Crippen LogP contribution is 2.28. The van der Waals surface area contributed by atoms with Crippen molar-refractivity contribution in [1.82, 2.24) is 9.97 Å². The maximum atomic E-state index is 10.8. The Morgan fingerprint density at radius 2 is 2.00 bits per heavy atom. The highest BCUT2D eigenvalue weighted by molar-refractivity contribution is 6.30. The Kier molecular flexibility index (Phi) is 3.76. The third kappa shape index (κ3) is 3.08. The SMILES string of the molecule is Nc1ncnc(OCc2ccc(Cl)cc2)c1[N+](=O)[O-]. The Labute approximate surface area is 113 Å². The minimum Gasteiger partial charge on any atom is -0.468 e. The summed E-state index contributed by atoms with van der Waals surface area (Å²) in [6, 6.07) is 6.89. The zero-order valence-electron chi connectivity index (χ0n) is 9.62. The van der Waals surface area contributed by atoms with Crippen LogP contribution in [0.25, 0.3) is 0 Å². The molecule has 0 aliphatic heterocycles. The molecule has 0 fully saturated rings. The van der Waals surface area contributed by atoms with Crippen LogP contribution in [-0.2, 0) is 6.61 Å². The van der Waals surface area contributed by atoms with Crippen molar-refractivity contribution in [1.29, 1.82) is 0 Å². The van der Waals surface area contributed by atoms with Gasteiger partial charge in [0.2, 0.25) is 5.82 Å². The largest absolute Gasteiger partial charge is 0.468 e. The first kappa shape index (κ1) is 13.0. The first-order valence-electron chi connectivity index (χ1n) is 5.20. The van der Waals surface area contributed by atoms with Crippen LogP contribution in [-0.4, -0.2) is 14.9 Å². The molecule has 0 spiro atoms.